The third-order valence-corrected chi connectivity index (χ3v) is 4.49. The van der Waals surface area contributed by atoms with Gasteiger partial charge in [-0.1, -0.05) is 0 Å². The predicted molar refractivity (Wildman–Crippen MR) is 90.2 cm³/mol. The summed E-state index contributed by atoms with van der Waals surface area (Å²) in [5, 5.41) is 11.2. The van der Waals surface area contributed by atoms with Gasteiger partial charge in [-0.3, -0.25) is 4.79 Å². The molecule has 6 nitrogen and oxygen atoms in total. The van der Waals surface area contributed by atoms with E-state index in [-0.39, 0.29) is 6.42 Å². The van der Waals surface area contributed by atoms with Crippen LogP contribution in [0.5, 0.6) is 0 Å². The predicted octanol–water partition coefficient (Wildman–Crippen LogP) is 3.77. The van der Waals surface area contributed by atoms with Gasteiger partial charge in [0.2, 0.25) is 0 Å². The van der Waals surface area contributed by atoms with Crippen molar-refractivity contribution in [3.05, 3.63) is 33.5 Å². The van der Waals surface area contributed by atoms with Crippen LogP contribution >= 0.6 is 22.7 Å². The van der Waals surface area contributed by atoms with Gasteiger partial charge in [0.1, 0.15) is 5.60 Å². The number of carbonyl (C=O) groups is 2. The zero-order chi connectivity index (χ0) is 17.0. The molecule has 1 N–H and O–H groups in total. The molecule has 0 saturated heterocycles. The van der Waals surface area contributed by atoms with Gasteiger partial charge in [-0.2, -0.15) is 0 Å². The Morgan fingerprint density at radius 1 is 1.30 bits per heavy atom. The van der Waals surface area contributed by atoms with Crippen molar-refractivity contribution >= 4 is 39.9 Å². The lowest BCUT2D eigenvalue weighted by atomic mass is 10.2. The van der Waals surface area contributed by atoms with Crippen molar-refractivity contribution in [3.63, 3.8) is 0 Å². The number of anilines is 1. The Bertz CT molecular complexity index is 674. The molecule has 0 saturated carbocycles. The molecule has 0 aliphatic heterocycles. The zero-order valence-corrected chi connectivity index (χ0v) is 14.7. The number of amides is 1. The smallest absolute Gasteiger partial charge is 0.416 e. The monoisotopic (exact) mass is 354 g/mol. The third kappa shape index (κ3) is 5.33. The van der Waals surface area contributed by atoms with Crippen LogP contribution in [0.25, 0.3) is 0 Å². The van der Waals surface area contributed by atoms with E-state index in [0.29, 0.717) is 11.7 Å². The molecule has 23 heavy (non-hydrogen) atoms. The van der Waals surface area contributed by atoms with E-state index < -0.39 is 17.7 Å². The maximum Gasteiger partial charge on any atom is 0.416 e. The van der Waals surface area contributed by atoms with Gasteiger partial charge < -0.3 is 9.84 Å². The Kier molecular flexibility index (Phi) is 5.38. The molecule has 0 aromatic carbocycles. The van der Waals surface area contributed by atoms with Crippen LogP contribution in [-0.2, 0) is 22.5 Å². The molecule has 2 rings (SSSR count). The number of carboxylic acids is 1. The number of thiazole rings is 1. The van der Waals surface area contributed by atoms with Crippen LogP contribution in [0.3, 0.4) is 0 Å². The topological polar surface area (TPSA) is 79.7 Å². The molecule has 0 radical (unpaired) electrons. The van der Waals surface area contributed by atoms with E-state index >= 15 is 0 Å². The first-order valence-electron chi connectivity index (χ1n) is 6.94. The Hall–Kier alpha value is -1.93. The third-order valence-electron chi connectivity index (χ3n) is 2.62. The van der Waals surface area contributed by atoms with Gasteiger partial charge >= 0.3 is 12.1 Å². The average molecular weight is 354 g/mol. The van der Waals surface area contributed by atoms with Gasteiger partial charge in [0.25, 0.3) is 0 Å². The minimum atomic E-state index is -0.873. The summed E-state index contributed by atoms with van der Waals surface area (Å²) in [5.74, 6) is -0.873. The van der Waals surface area contributed by atoms with Crippen molar-refractivity contribution < 1.29 is 19.4 Å². The molecule has 2 heterocycles. The average Bonchev–Trinajstić information content (AvgIpc) is 3.04. The summed E-state index contributed by atoms with van der Waals surface area (Å²) in [4.78, 5) is 30.5. The van der Waals surface area contributed by atoms with Gasteiger partial charge in [-0.15, -0.1) is 22.7 Å². The Morgan fingerprint density at radius 3 is 2.57 bits per heavy atom. The van der Waals surface area contributed by atoms with Crippen LogP contribution in [0.4, 0.5) is 9.93 Å². The first kappa shape index (κ1) is 17.4. The molecule has 0 aliphatic rings. The fraction of sp³-hybridized carbons (Fsp3) is 0.400. The summed E-state index contributed by atoms with van der Waals surface area (Å²) in [6.07, 6.45) is 1.14. The van der Waals surface area contributed by atoms with Gasteiger partial charge in [-0.05, 0) is 32.9 Å². The summed E-state index contributed by atoms with van der Waals surface area (Å²) in [6.45, 7) is 5.72. The highest BCUT2D eigenvalue weighted by molar-refractivity contribution is 7.14. The number of ether oxygens (including phenoxy) is 1. The van der Waals surface area contributed by atoms with Crippen molar-refractivity contribution in [2.75, 3.05) is 4.90 Å². The molecular weight excluding hydrogens is 336 g/mol. The number of carbonyl (C=O) groups excluding carboxylic acids is 1. The highest BCUT2D eigenvalue weighted by Crippen LogP contribution is 2.26. The second kappa shape index (κ2) is 7.10. The zero-order valence-electron chi connectivity index (χ0n) is 13.1. The molecule has 124 valence electrons. The van der Waals surface area contributed by atoms with Gasteiger partial charge in [0, 0.05) is 21.3 Å². The molecule has 0 fully saturated rings. The quantitative estimate of drug-likeness (QED) is 0.884. The maximum absolute atomic E-state index is 12.4. The Labute approximate surface area is 142 Å². The normalized spacial score (nSPS) is 11.3. The molecule has 2 aromatic rings. The van der Waals surface area contributed by atoms with E-state index in [1.165, 1.54) is 27.6 Å². The molecule has 1 amide bonds. The van der Waals surface area contributed by atoms with Crippen LogP contribution in [0.1, 0.15) is 30.5 Å². The largest absolute Gasteiger partial charge is 0.481 e. The number of nitrogens with zero attached hydrogens (tertiary/aromatic N) is 2. The summed E-state index contributed by atoms with van der Waals surface area (Å²) in [6, 6.07) is 3.59. The summed E-state index contributed by atoms with van der Waals surface area (Å²) >= 11 is 2.72. The molecular formula is C15H18N2O4S2. The van der Waals surface area contributed by atoms with Crippen LogP contribution < -0.4 is 4.90 Å². The molecule has 2 aromatic heterocycles. The molecule has 0 bridgehead atoms. The van der Waals surface area contributed by atoms with E-state index in [1.54, 1.807) is 38.4 Å². The molecule has 0 spiro atoms. The first-order valence-corrected chi connectivity index (χ1v) is 8.63. The second-order valence-electron chi connectivity index (χ2n) is 5.82. The fourth-order valence-electron chi connectivity index (χ4n) is 1.78. The van der Waals surface area contributed by atoms with Crippen molar-refractivity contribution in [1.82, 2.24) is 4.98 Å². The van der Waals surface area contributed by atoms with Gasteiger partial charge in [0.05, 0.1) is 13.0 Å². The SMILES string of the molecule is CC(C)(C)OC(=O)N(Cc1ccc(CC(=O)O)s1)c1nccs1. The number of hydrogen-bond acceptors (Lipinski definition) is 6. The fourth-order valence-corrected chi connectivity index (χ4v) is 3.41. The maximum atomic E-state index is 12.4. The number of aliphatic carboxylic acids is 1. The highest BCUT2D eigenvalue weighted by atomic mass is 32.1. The van der Waals surface area contributed by atoms with E-state index in [9.17, 15) is 9.59 Å². The first-order chi connectivity index (χ1) is 10.7. The molecule has 0 unspecified atom stereocenters. The number of thiophene rings is 1. The number of hydrogen-bond donors (Lipinski definition) is 1. The standard InChI is InChI=1S/C15H18N2O4S2/c1-15(2,3)21-14(20)17(13-16-6-7-22-13)9-11-5-4-10(23-11)8-12(18)19/h4-7H,8-9H2,1-3H3,(H,18,19). The van der Waals surface area contributed by atoms with Crippen LogP contribution in [0.15, 0.2) is 23.7 Å². The lowest BCUT2D eigenvalue weighted by Gasteiger charge is -2.25. The van der Waals surface area contributed by atoms with Crippen LogP contribution in [0, 0.1) is 0 Å². The van der Waals surface area contributed by atoms with E-state index in [2.05, 4.69) is 4.98 Å². The molecule has 0 atom stereocenters. The Morgan fingerprint density at radius 2 is 2.00 bits per heavy atom. The number of carboxylic acid groups (broad SMARTS) is 1. The van der Waals surface area contributed by atoms with E-state index in [1.807, 2.05) is 6.07 Å². The summed E-state index contributed by atoms with van der Waals surface area (Å²) in [7, 11) is 0. The van der Waals surface area contributed by atoms with Crippen molar-refractivity contribution in [2.45, 2.75) is 39.3 Å². The Balaban J connectivity index is 2.16. The number of rotatable bonds is 5. The van der Waals surface area contributed by atoms with Crippen molar-refractivity contribution in [1.29, 1.82) is 0 Å². The van der Waals surface area contributed by atoms with Crippen LogP contribution in [-0.4, -0.2) is 27.8 Å². The lowest BCUT2D eigenvalue weighted by Crippen LogP contribution is -2.36. The van der Waals surface area contributed by atoms with E-state index in [4.69, 9.17) is 9.84 Å². The minimum Gasteiger partial charge on any atom is -0.481 e. The van der Waals surface area contributed by atoms with Crippen LogP contribution in [0.2, 0.25) is 0 Å². The summed E-state index contributed by atoms with van der Waals surface area (Å²) in [5.41, 5.74) is -0.601. The van der Waals surface area contributed by atoms with Crippen molar-refractivity contribution in [2.24, 2.45) is 0 Å². The minimum absolute atomic E-state index is 0.0195. The second-order valence-corrected chi connectivity index (χ2v) is 7.95. The molecule has 8 heteroatoms. The van der Waals surface area contributed by atoms with Crippen molar-refractivity contribution in [3.8, 4) is 0 Å². The summed E-state index contributed by atoms with van der Waals surface area (Å²) < 4.78 is 5.43. The molecule has 0 aliphatic carbocycles. The van der Waals surface area contributed by atoms with Gasteiger partial charge in [0.15, 0.2) is 5.13 Å². The van der Waals surface area contributed by atoms with Gasteiger partial charge in [-0.25, -0.2) is 14.7 Å². The highest BCUT2D eigenvalue weighted by Gasteiger charge is 2.25. The lowest BCUT2D eigenvalue weighted by molar-refractivity contribution is -0.136. The van der Waals surface area contributed by atoms with E-state index in [0.717, 1.165) is 9.75 Å². The number of aromatic nitrogens is 1.